The Morgan fingerprint density at radius 1 is 1.32 bits per heavy atom. The van der Waals surface area contributed by atoms with Gasteiger partial charge in [0.15, 0.2) is 0 Å². The molecule has 1 aromatic carbocycles. The summed E-state index contributed by atoms with van der Waals surface area (Å²) in [5.41, 5.74) is -0.704. The molecule has 19 heavy (non-hydrogen) atoms. The third-order valence-electron chi connectivity index (χ3n) is 2.41. The van der Waals surface area contributed by atoms with Crippen LogP contribution in [0.5, 0.6) is 5.75 Å². The molecule has 0 aromatic heterocycles. The van der Waals surface area contributed by atoms with Crippen molar-refractivity contribution < 1.29 is 22.6 Å². The van der Waals surface area contributed by atoms with Crippen LogP contribution in [-0.4, -0.2) is 32.9 Å². The van der Waals surface area contributed by atoms with Crippen molar-refractivity contribution in [2.45, 2.75) is 19.2 Å². The molecule has 0 fully saturated rings. The molecule has 0 aliphatic heterocycles. The Kier molecular flexibility index (Phi) is 6.11. The summed E-state index contributed by atoms with van der Waals surface area (Å²) in [6, 6.07) is 4.88. The number of nitrogens with one attached hydrogen (secondary N) is 1. The van der Waals surface area contributed by atoms with E-state index in [1.54, 1.807) is 14.0 Å². The van der Waals surface area contributed by atoms with Crippen LogP contribution in [0.25, 0.3) is 0 Å². The molecule has 0 aliphatic rings. The van der Waals surface area contributed by atoms with E-state index in [-0.39, 0.29) is 11.9 Å². The molecule has 108 valence electrons. The SMILES string of the molecule is COCCNCC(C)Oc1cccc(C(F)(F)F)c1. The van der Waals surface area contributed by atoms with Gasteiger partial charge in [0.05, 0.1) is 12.2 Å². The Balaban J connectivity index is 2.48. The van der Waals surface area contributed by atoms with Gasteiger partial charge in [0.1, 0.15) is 11.9 Å². The van der Waals surface area contributed by atoms with Crippen molar-refractivity contribution in [2.75, 3.05) is 26.8 Å². The molecule has 0 spiro atoms. The summed E-state index contributed by atoms with van der Waals surface area (Å²) in [5.74, 6) is 0.218. The predicted molar refractivity (Wildman–Crippen MR) is 66.3 cm³/mol. The molecule has 1 unspecified atom stereocenters. The maximum absolute atomic E-state index is 12.5. The highest BCUT2D eigenvalue weighted by molar-refractivity contribution is 5.30. The highest BCUT2D eigenvalue weighted by Gasteiger charge is 2.30. The molecule has 1 N–H and O–H groups in total. The van der Waals surface area contributed by atoms with Crippen LogP contribution >= 0.6 is 0 Å². The van der Waals surface area contributed by atoms with Crippen LogP contribution in [0.1, 0.15) is 12.5 Å². The normalized spacial score (nSPS) is 13.3. The predicted octanol–water partition coefficient (Wildman–Crippen LogP) is 2.71. The lowest BCUT2D eigenvalue weighted by Gasteiger charge is -2.16. The van der Waals surface area contributed by atoms with Gasteiger partial charge in [0, 0.05) is 20.2 Å². The molecule has 1 atom stereocenters. The molecule has 0 heterocycles. The van der Waals surface area contributed by atoms with E-state index in [0.717, 1.165) is 12.1 Å². The van der Waals surface area contributed by atoms with Crippen LogP contribution in [0.2, 0.25) is 0 Å². The van der Waals surface area contributed by atoms with Gasteiger partial charge >= 0.3 is 6.18 Å². The van der Waals surface area contributed by atoms with Crippen molar-refractivity contribution in [3.05, 3.63) is 29.8 Å². The monoisotopic (exact) mass is 277 g/mol. The molecule has 1 aromatic rings. The first-order chi connectivity index (χ1) is 8.93. The Bertz CT molecular complexity index is 382. The van der Waals surface area contributed by atoms with E-state index in [2.05, 4.69) is 5.32 Å². The Labute approximate surface area is 110 Å². The van der Waals surface area contributed by atoms with Crippen molar-refractivity contribution >= 4 is 0 Å². The highest BCUT2D eigenvalue weighted by Crippen LogP contribution is 2.31. The van der Waals surface area contributed by atoms with Gasteiger partial charge in [-0.1, -0.05) is 6.07 Å². The largest absolute Gasteiger partial charge is 0.489 e. The van der Waals surface area contributed by atoms with Gasteiger partial charge in [-0.15, -0.1) is 0 Å². The highest BCUT2D eigenvalue weighted by atomic mass is 19.4. The van der Waals surface area contributed by atoms with Crippen molar-refractivity contribution in [1.29, 1.82) is 0 Å². The molecular formula is C13H18F3NO2. The number of hydrogen-bond donors (Lipinski definition) is 1. The first-order valence-corrected chi connectivity index (χ1v) is 5.97. The zero-order valence-corrected chi connectivity index (χ0v) is 11.0. The summed E-state index contributed by atoms with van der Waals surface area (Å²) in [6.45, 7) is 3.59. The second-order valence-corrected chi connectivity index (χ2v) is 4.15. The third kappa shape index (κ3) is 5.94. The van der Waals surface area contributed by atoms with E-state index in [0.29, 0.717) is 19.7 Å². The summed E-state index contributed by atoms with van der Waals surface area (Å²) in [7, 11) is 1.60. The summed E-state index contributed by atoms with van der Waals surface area (Å²) in [4.78, 5) is 0. The third-order valence-corrected chi connectivity index (χ3v) is 2.41. The van der Waals surface area contributed by atoms with Crippen molar-refractivity contribution in [2.24, 2.45) is 0 Å². The number of benzene rings is 1. The topological polar surface area (TPSA) is 30.5 Å². The lowest BCUT2D eigenvalue weighted by Crippen LogP contribution is -2.31. The number of halogens is 3. The van der Waals surface area contributed by atoms with Crippen LogP contribution in [0.4, 0.5) is 13.2 Å². The minimum atomic E-state index is -4.35. The zero-order valence-electron chi connectivity index (χ0n) is 11.0. The fourth-order valence-electron chi connectivity index (χ4n) is 1.50. The van der Waals surface area contributed by atoms with Gasteiger partial charge in [-0.2, -0.15) is 13.2 Å². The fourth-order valence-corrected chi connectivity index (χ4v) is 1.50. The van der Waals surface area contributed by atoms with Gasteiger partial charge in [0.2, 0.25) is 0 Å². The molecule has 0 amide bonds. The molecule has 0 radical (unpaired) electrons. The second-order valence-electron chi connectivity index (χ2n) is 4.15. The van der Waals surface area contributed by atoms with Gasteiger partial charge in [0.25, 0.3) is 0 Å². The Morgan fingerprint density at radius 2 is 2.05 bits per heavy atom. The molecule has 0 saturated carbocycles. The quantitative estimate of drug-likeness (QED) is 0.777. The van der Waals surface area contributed by atoms with E-state index in [4.69, 9.17) is 9.47 Å². The second kappa shape index (κ2) is 7.35. The minimum Gasteiger partial charge on any atom is -0.489 e. The number of alkyl halides is 3. The zero-order chi connectivity index (χ0) is 14.3. The van der Waals surface area contributed by atoms with Gasteiger partial charge < -0.3 is 14.8 Å². The standard InChI is InChI=1S/C13H18F3NO2/c1-10(9-17-6-7-18-2)19-12-5-3-4-11(8-12)13(14,15)16/h3-5,8,10,17H,6-7,9H2,1-2H3. The summed E-state index contributed by atoms with van der Waals surface area (Å²) in [6.07, 6.45) is -4.57. The van der Waals surface area contributed by atoms with Crippen molar-refractivity contribution in [3.8, 4) is 5.75 Å². The van der Waals surface area contributed by atoms with Gasteiger partial charge in [-0.3, -0.25) is 0 Å². The molecule has 0 bridgehead atoms. The maximum atomic E-state index is 12.5. The molecule has 6 heteroatoms. The lowest BCUT2D eigenvalue weighted by molar-refractivity contribution is -0.137. The van der Waals surface area contributed by atoms with Crippen LogP contribution in [0.3, 0.4) is 0 Å². The molecule has 3 nitrogen and oxygen atoms in total. The van der Waals surface area contributed by atoms with Crippen molar-refractivity contribution in [1.82, 2.24) is 5.32 Å². The molecule has 0 saturated heterocycles. The van der Waals surface area contributed by atoms with Crippen LogP contribution in [0.15, 0.2) is 24.3 Å². The van der Waals surface area contributed by atoms with Crippen molar-refractivity contribution in [3.63, 3.8) is 0 Å². The average Bonchev–Trinajstić information content (AvgIpc) is 2.34. The summed E-state index contributed by atoms with van der Waals surface area (Å²) >= 11 is 0. The van der Waals surface area contributed by atoms with E-state index in [9.17, 15) is 13.2 Å². The number of methoxy groups -OCH3 is 1. The molecule has 0 aliphatic carbocycles. The summed E-state index contributed by atoms with van der Waals surface area (Å²) < 4.78 is 47.8. The van der Waals surface area contributed by atoms with Crippen LogP contribution in [-0.2, 0) is 10.9 Å². The number of hydrogen-bond acceptors (Lipinski definition) is 3. The number of rotatable bonds is 7. The van der Waals surface area contributed by atoms with Gasteiger partial charge in [-0.05, 0) is 25.1 Å². The van der Waals surface area contributed by atoms with E-state index in [1.807, 2.05) is 0 Å². The summed E-state index contributed by atoms with van der Waals surface area (Å²) in [5, 5.41) is 3.08. The van der Waals surface area contributed by atoms with E-state index < -0.39 is 11.7 Å². The van der Waals surface area contributed by atoms with Crippen LogP contribution in [0, 0.1) is 0 Å². The fraction of sp³-hybridized carbons (Fsp3) is 0.538. The average molecular weight is 277 g/mol. The first kappa shape index (κ1) is 15.8. The lowest BCUT2D eigenvalue weighted by atomic mass is 10.2. The molecule has 1 rings (SSSR count). The smallest absolute Gasteiger partial charge is 0.416 e. The van der Waals surface area contributed by atoms with E-state index >= 15 is 0 Å². The Morgan fingerprint density at radius 3 is 2.68 bits per heavy atom. The van der Waals surface area contributed by atoms with Gasteiger partial charge in [-0.25, -0.2) is 0 Å². The maximum Gasteiger partial charge on any atom is 0.416 e. The minimum absolute atomic E-state index is 0.218. The number of ether oxygens (including phenoxy) is 2. The van der Waals surface area contributed by atoms with E-state index in [1.165, 1.54) is 12.1 Å². The molecular weight excluding hydrogens is 259 g/mol. The Hall–Kier alpha value is -1.27. The first-order valence-electron chi connectivity index (χ1n) is 5.97. The van der Waals surface area contributed by atoms with Crippen LogP contribution < -0.4 is 10.1 Å².